The number of hydrogen-bond donors (Lipinski definition) is 1. The number of para-hydroxylation sites is 2. The van der Waals surface area contributed by atoms with Crippen LogP contribution in [0.25, 0.3) is 11.0 Å². The minimum absolute atomic E-state index is 0.220. The minimum atomic E-state index is -0.765. The van der Waals surface area contributed by atoms with Gasteiger partial charge in [-0.3, -0.25) is 9.59 Å². The van der Waals surface area contributed by atoms with E-state index in [1.807, 2.05) is 18.2 Å². The first-order valence-electron chi connectivity index (χ1n) is 7.81. The molecule has 7 heteroatoms. The second-order valence-electron chi connectivity index (χ2n) is 5.44. The lowest BCUT2D eigenvalue weighted by atomic mass is 10.2. The molecular formula is C19H15BrN2O4. The maximum atomic E-state index is 12.3. The molecule has 0 saturated heterocycles. The summed E-state index contributed by atoms with van der Waals surface area (Å²) < 4.78 is 11.7. The average Bonchev–Trinajstić information content (AvgIpc) is 2.65. The first-order valence-corrected chi connectivity index (χ1v) is 8.60. The van der Waals surface area contributed by atoms with E-state index in [-0.39, 0.29) is 11.0 Å². The Morgan fingerprint density at radius 3 is 2.77 bits per heavy atom. The molecule has 0 unspecified atom stereocenters. The molecule has 2 aromatic carbocycles. The van der Waals surface area contributed by atoms with E-state index >= 15 is 0 Å². The minimum Gasteiger partial charge on any atom is -0.480 e. The first-order chi connectivity index (χ1) is 12.6. The summed E-state index contributed by atoms with van der Waals surface area (Å²) in [5, 5.41) is 4.27. The van der Waals surface area contributed by atoms with Gasteiger partial charge in [-0.25, -0.2) is 5.43 Å². The van der Waals surface area contributed by atoms with Crippen LogP contribution in [0.5, 0.6) is 5.75 Å². The summed E-state index contributed by atoms with van der Waals surface area (Å²) >= 11 is 3.35. The highest BCUT2D eigenvalue weighted by Crippen LogP contribution is 2.24. The van der Waals surface area contributed by atoms with Crippen LogP contribution < -0.4 is 15.6 Å². The fraction of sp³-hybridized carbons (Fsp3) is 0.105. The van der Waals surface area contributed by atoms with Gasteiger partial charge in [0.1, 0.15) is 17.6 Å². The molecule has 26 heavy (non-hydrogen) atoms. The number of hydrogen-bond acceptors (Lipinski definition) is 5. The molecule has 0 bridgehead atoms. The lowest BCUT2D eigenvalue weighted by Crippen LogP contribution is -2.33. The lowest BCUT2D eigenvalue weighted by Gasteiger charge is -2.13. The normalized spacial score (nSPS) is 12.2. The quantitative estimate of drug-likeness (QED) is 0.511. The van der Waals surface area contributed by atoms with Crippen molar-refractivity contribution in [3.8, 4) is 5.75 Å². The van der Waals surface area contributed by atoms with E-state index in [0.717, 1.165) is 4.47 Å². The fourth-order valence-electron chi connectivity index (χ4n) is 2.22. The number of benzene rings is 2. The van der Waals surface area contributed by atoms with Crippen LogP contribution in [0.1, 0.15) is 12.5 Å². The first kappa shape index (κ1) is 17.9. The maximum Gasteiger partial charge on any atom is 0.280 e. The number of fused-ring (bicyclic) bond motifs is 1. The van der Waals surface area contributed by atoms with Crippen molar-refractivity contribution in [1.29, 1.82) is 0 Å². The lowest BCUT2D eigenvalue weighted by molar-refractivity contribution is -0.127. The summed E-state index contributed by atoms with van der Waals surface area (Å²) in [6.07, 6.45) is 1.79. The number of nitrogens with one attached hydrogen (secondary N) is 1. The molecule has 1 amide bonds. The van der Waals surface area contributed by atoms with Crippen molar-refractivity contribution in [1.82, 2.24) is 5.43 Å². The van der Waals surface area contributed by atoms with E-state index in [1.165, 1.54) is 12.5 Å². The Balaban J connectivity index is 1.66. The summed E-state index contributed by atoms with van der Waals surface area (Å²) in [5.41, 5.74) is 2.87. The van der Waals surface area contributed by atoms with E-state index in [4.69, 9.17) is 9.15 Å². The highest BCUT2D eigenvalue weighted by Gasteiger charge is 2.15. The Morgan fingerprint density at radius 1 is 1.23 bits per heavy atom. The Labute approximate surface area is 157 Å². The third-order valence-electron chi connectivity index (χ3n) is 3.59. The van der Waals surface area contributed by atoms with Gasteiger partial charge in [-0.2, -0.15) is 5.10 Å². The molecule has 3 aromatic rings. The summed E-state index contributed by atoms with van der Waals surface area (Å²) in [4.78, 5) is 24.4. The molecule has 0 aliphatic heterocycles. The van der Waals surface area contributed by atoms with Crippen molar-refractivity contribution in [3.05, 3.63) is 75.1 Å². The van der Waals surface area contributed by atoms with E-state index < -0.39 is 12.0 Å². The monoisotopic (exact) mass is 414 g/mol. The van der Waals surface area contributed by atoms with Gasteiger partial charge in [0.25, 0.3) is 5.91 Å². The summed E-state index contributed by atoms with van der Waals surface area (Å²) in [6.45, 7) is 1.61. The third-order valence-corrected chi connectivity index (χ3v) is 4.25. The van der Waals surface area contributed by atoms with Crippen molar-refractivity contribution >= 4 is 39.0 Å². The van der Waals surface area contributed by atoms with Gasteiger partial charge in [-0.15, -0.1) is 0 Å². The largest absolute Gasteiger partial charge is 0.480 e. The van der Waals surface area contributed by atoms with Crippen molar-refractivity contribution in [2.45, 2.75) is 13.0 Å². The maximum absolute atomic E-state index is 12.3. The summed E-state index contributed by atoms with van der Waals surface area (Å²) in [7, 11) is 0. The number of ether oxygens (including phenoxy) is 1. The van der Waals surface area contributed by atoms with Crippen molar-refractivity contribution in [2.75, 3.05) is 0 Å². The van der Waals surface area contributed by atoms with Gasteiger partial charge >= 0.3 is 0 Å². The highest BCUT2D eigenvalue weighted by molar-refractivity contribution is 9.10. The summed E-state index contributed by atoms with van der Waals surface area (Å²) in [6, 6.07) is 14.1. The van der Waals surface area contributed by atoms with Crippen LogP contribution >= 0.6 is 15.9 Å². The van der Waals surface area contributed by atoms with Gasteiger partial charge in [0.15, 0.2) is 6.10 Å². The zero-order valence-corrected chi connectivity index (χ0v) is 15.4. The molecule has 0 aliphatic carbocycles. The highest BCUT2D eigenvalue weighted by atomic mass is 79.9. The third kappa shape index (κ3) is 4.00. The number of amides is 1. The molecule has 1 N–H and O–H groups in total. The van der Waals surface area contributed by atoms with E-state index in [2.05, 4.69) is 26.5 Å². The number of rotatable bonds is 5. The topological polar surface area (TPSA) is 80.9 Å². The van der Waals surface area contributed by atoms with Crippen LogP contribution in [0.3, 0.4) is 0 Å². The van der Waals surface area contributed by atoms with Gasteiger partial charge in [0.05, 0.1) is 21.6 Å². The van der Waals surface area contributed by atoms with Crippen LogP contribution in [-0.2, 0) is 4.79 Å². The number of carbonyl (C=O) groups is 1. The van der Waals surface area contributed by atoms with Crippen LogP contribution in [-0.4, -0.2) is 18.2 Å². The van der Waals surface area contributed by atoms with Gasteiger partial charge in [0, 0.05) is 0 Å². The SMILES string of the molecule is C[C@@H](Oc1ccccc1Br)C(=O)N/N=C\c1coc2ccccc2c1=O. The number of hydrazone groups is 1. The van der Waals surface area contributed by atoms with Gasteiger partial charge in [0.2, 0.25) is 5.43 Å². The summed E-state index contributed by atoms with van der Waals surface area (Å²) in [5.74, 6) is 0.108. The van der Waals surface area contributed by atoms with Crippen LogP contribution in [0.15, 0.2) is 73.6 Å². The van der Waals surface area contributed by atoms with Gasteiger partial charge in [-0.05, 0) is 47.1 Å². The van der Waals surface area contributed by atoms with Crippen molar-refractivity contribution in [3.63, 3.8) is 0 Å². The molecule has 0 saturated carbocycles. The van der Waals surface area contributed by atoms with Crippen LogP contribution in [0.2, 0.25) is 0 Å². The molecule has 0 spiro atoms. The molecule has 0 radical (unpaired) electrons. The second kappa shape index (κ2) is 7.97. The smallest absolute Gasteiger partial charge is 0.280 e. The second-order valence-corrected chi connectivity index (χ2v) is 6.30. The zero-order valence-electron chi connectivity index (χ0n) is 13.8. The fourth-order valence-corrected chi connectivity index (χ4v) is 2.60. The molecule has 1 heterocycles. The molecule has 6 nitrogen and oxygen atoms in total. The van der Waals surface area contributed by atoms with Gasteiger partial charge in [-0.1, -0.05) is 24.3 Å². The molecule has 132 valence electrons. The molecule has 3 rings (SSSR count). The molecule has 0 fully saturated rings. The van der Waals surface area contributed by atoms with E-state index in [0.29, 0.717) is 16.7 Å². The Bertz CT molecular complexity index is 1030. The molecule has 0 aliphatic rings. The van der Waals surface area contributed by atoms with E-state index in [9.17, 15) is 9.59 Å². The average molecular weight is 415 g/mol. The number of halogens is 1. The standard InChI is InChI=1S/C19H15BrN2O4/c1-12(26-17-9-5-3-7-15(17)20)19(24)22-21-10-13-11-25-16-8-4-2-6-14(16)18(13)23/h2-12H,1H3,(H,22,24)/b21-10-/t12-/m1/s1. The van der Waals surface area contributed by atoms with E-state index in [1.54, 1.807) is 37.3 Å². The van der Waals surface area contributed by atoms with Crippen molar-refractivity contribution in [2.24, 2.45) is 5.10 Å². The predicted octanol–water partition coefficient (Wildman–Crippen LogP) is 3.47. The molecular weight excluding hydrogens is 400 g/mol. The zero-order chi connectivity index (χ0) is 18.5. The number of nitrogens with zero attached hydrogens (tertiary/aromatic N) is 1. The van der Waals surface area contributed by atoms with Crippen LogP contribution in [0.4, 0.5) is 0 Å². The predicted molar refractivity (Wildman–Crippen MR) is 102 cm³/mol. The molecule has 1 atom stereocenters. The number of carbonyl (C=O) groups excluding carboxylic acids is 1. The van der Waals surface area contributed by atoms with Crippen LogP contribution in [0, 0.1) is 0 Å². The van der Waals surface area contributed by atoms with Crippen molar-refractivity contribution < 1.29 is 13.9 Å². The van der Waals surface area contributed by atoms with Gasteiger partial charge < -0.3 is 9.15 Å². The molecule has 1 aromatic heterocycles. The Kier molecular flexibility index (Phi) is 5.48. The Hall–Kier alpha value is -2.93. The Morgan fingerprint density at radius 2 is 1.96 bits per heavy atom.